The number of carbonyl (C=O) groups excluding carboxylic acids is 1. The number of nitriles is 1. The lowest BCUT2D eigenvalue weighted by Crippen LogP contribution is -2.48. The number of hydrogen-bond acceptors (Lipinski definition) is 4. The predicted octanol–water partition coefficient (Wildman–Crippen LogP) is -0.217. The van der Waals surface area contributed by atoms with Crippen LogP contribution in [0.3, 0.4) is 0 Å². The van der Waals surface area contributed by atoms with Gasteiger partial charge in [0.15, 0.2) is 0 Å². The molecule has 0 atom stereocenters. The molecule has 0 aromatic heterocycles. The monoisotopic (exact) mass is 211 g/mol. The van der Waals surface area contributed by atoms with E-state index < -0.39 is 0 Å². The van der Waals surface area contributed by atoms with Crippen molar-refractivity contribution < 1.29 is 9.53 Å². The van der Waals surface area contributed by atoms with Crippen LogP contribution in [0, 0.1) is 11.3 Å². The standard InChI is InChI=1S/C10H17N3O2/c1-15-9-5-8(6-9)13-7-10(14)12-4-2-3-11/h8-9,13H,2,4-7H2,1H3,(H,12,14). The molecule has 0 aliphatic heterocycles. The van der Waals surface area contributed by atoms with E-state index in [2.05, 4.69) is 10.6 Å². The van der Waals surface area contributed by atoms with E-state index in [1.807, 2.05) is 6.07 Å². The molecule has 0 heterocycles. The van der Waals surface area contributed by atoms with E-state index in [-0.39, 0.29) is 5.91 Å². The Morgan fingerprint density at radius 3 is 2.93 bits per heavy atom. The largest absolute Gasteiger partial charge is 0.381 e. The minimum absolute atomic E-state index is 0.0499. The molecule has 0 bridgehead atoms. The Balaban J connectivity index is 1.96. The average Bonchev–Trinajstić information content (AvgIpc) is 2.16. The molecule has 0 aromatic rings. The van der Waals surface area contributed by atoms with Crippen LogP contribution < -0.4 is 10.6 Å². The minimum atomic E-state index is -0.0499. The smallest absolute Gasteiger partial charge is 0.233 e. The zero-order valence-corrected chi connectivity index (χ0v) is 8.95. The molecule has 1 amide bonds. The van der Waals surface area contributed by atoms with Gasteiger partial charge in [-0.3, -0.25) is 4.79 Å². The van der Waals surface area contributed by atoms with Gasteiger partial charge in [0.1, 0.15) is 0 Å². The molecule has 1 fully saturated rings. The number of amides is 1. The molecule has 2 N–H and O–H groups in total. The summed E-state index contributed by atoms with van der Waals surface area (Å²) in [5.41, 5.74) is 0. The maximum Gasteiger partial charge on any atom is 0.233 e. The van der Waals surface area contributed by atoms with Crippen molar-refractivity contribution in [2.24, 2.45) is 0 Å². The van der Waals surface area contributed by atoms with Crippen molar-refractivity contribution in [2.45, 2.75) is 31.4 Å². The Morgan fingerprint density at radius 2 is 2.33 bits per heavy atom. The third-order valence-corrected chi connectivity index (χ3v) is 2.54. The van der Waals surface area contributed by atoms with Gasteiger partial charge in [-0.1, -0.05) is 0 Å². The SMILES string of the molecule is COC1CC(NCC(=O)NCCC#N)C1. The van der Waals surface area contributed by atoms with E-state index >= 15 is 0 Å². The maximum atomic E-state index is 11.2. The van der Waals surface area contributed by atoms with Crippen LogP contribution in [0.15, 0.2) is 0 Å². The quantitative estimate of drug-likeness (QED) is 0.596. The van der Waals surface area contributed by atoms with Crippen molar-refractivity contribution >= 4 is 5.91 Å². The summed E-state index contributed by atoms with van der Waals surface area (Å²) in [5.74, 6) is -0.0499. The van der Waals surface area contributed by atoms with Crippen molar-refractivity contribution in [3.63, 3.8) is 0 Å². The van der Waals surface area contributed by atoms with E-state index in [0.717, 1.165) is 12.8 Å². The van der Waals surface area contributed by atoms with Crippen molar-refractivity contribution in [3.05, 3.63) is 0 Å². The van der Waals surface area contributed by atoms with Crippen molar-refractivity contribution in [3.8, 4) is 6.07 Å². The molecule has 1 aliphatic carbocycles. The van der Waals surface area contributed by atoms with Gasteiger partial charge >= 0.3 is 0 Å². The third-order valence-electron chi connectivity index (χ3n) is 2.54. The van der Waals surface area contributed by atoms with Gasteiger partial charge < -0.3 is 15.4 Å². The highest BCUT2D eigenvalue weighted by Crippen LogP contribution is 2.21. The van der Waals surface area contributed by atoms with Crippen LogP contribution in [-0.4, -0.2) is 38.3 Å². The Hall–Kier alpha value is -1.12. The highest BCUT2D eigenvalue weighted by atomic mass is 16.5. The Kier molecular flexibility index (Phi) is 5.08. The molecule has 1 saturated carbocycles. The summed E-state index contributed by atoms with van der Waals surface area (Å²) in [5, 5.41) is 14.1. The second-order valence-corrected chi connectivity index (χ2v) is 3.67. The van der Waals surface area contributed by atoms with E-state index in [1.54, 1.807) is 7.11 Å². The van der Waals surface area contributed by atoms with Crippen molar-refractivity contribution in [1.82, 2.24) is 10.6 Å². The van der Waals surface area contributed by atoms with Gasteiger partial charge in [0.05, 0.1) is 25.1 Å². The van der Waals surface area contributed by atoms with Crippen LogP contribution in [0.5, 0.6) is 0 Å². The first kappa shape index (κ1) is 12.0. The van der Waals surface area contributed by atoms with Crippen LogP contribution in [0.25, 0.3) is 0 Å². The zero-order valence-electron chi connectivity index (χ0n) is 8.95. The fourth-order valence-electron chi connectivity index (χ4n) is 1.48. The highest BCUT2D eigenvalue weighted by molar-refractivity contribution is 5.78. The minimum Gasteiger partial charge on any atom is -0.381 e. The number of rotatable bonds is 6. The highest BCUT2D eigenvalue weighted by Gasteiger charge is 2.28. The maximum absolute atomic E-state index is 11.2. The van der Waals surface area contributed by atoms with E-state index in [1.165, 1.54) is 0 Å². The van der Waals surface area contributed by atoms with Crippen LogP contribution >= 0.6 is 0 Å². The van der Waals surface area contributed by atoms with Gasteiger partial charge in [-0.05, 0) is 12.8 Å². The van der Waals surface area contributed by atoms with Gasteiger partial charge in [0, 0.05) is 19.7 Å². The van der Waals surface area contributed by atoms with Crippen LogP contribution in [0.1, 0.15) is 19.3 Å². The lowest BCUT2D eigenvalue weighted by atomic mass is 9.89. The van der Waals surface area contributed by atoms with Gasteiger partial charge in [-0.2, -0.15) is 5.26 Å². The van der Waals surface area contributed by atoms with Crippen LogP contribution in [0.2, 0.25) is 0 Å². The first-order valence-electron chi connectivity index (χ1n) is 5.16. The summed E-state index contributed by atoms with van der Waals surface area (Å²) in [6.45, 7) is 0.759. The lowest BCUT2D eigenvalue weighted by molar-refractivity contribution is -0.120. The number of nitrogens with zero attached hydrogens (tertiary/aromatic N) is 1. The summed E-state index contributed by atoms with van der Waals surface area (Å²) in [6.07, 6.45) is 2.66. The number of nitrogens with one attached hydrogen (secondary N) is 2. The molecule has 0 aromatic carbocycles. The average molecular weight is 211 g/mol. The fraction of sp³-hybridized carbons (Fsp3) is 0.800. The molecule has 5 heteroatoms. The predicted molar refractivity (Wildman–Crippen MR) is 55.1 cm³/mol. The van der Waals surface area contributed by atoms with E-state index in [0.29, 0.717) is 31.7 Å². The second-order valence-electron chi connectivity index (χ2n) is 3.67. The molecule has 1 aliphatic rings. The first-order valence-corrected chi connectivity index (χ1v) is 5.16. The fourth-order valence-corrected chi connectivity index (χ4v) is 1.48. The van der Waals surface area contributed by atoms with Crippen molar-refractivity contribution in [1.29, 1.82) is 5.26 Å². The van der Waals surface area contributed by atoms with E-state index in [9.17, 15) is 4.79 Å². The summed E-state index contributed by atoms with van der Waals surface area (Å²) in [4.78, 5) is 11.2. The van der Waals surface area contributed by atoms with Gasteiger partial charge in [-0.25, -0.2) is 0 Å². The number of carbonyl (C=O) groups is 1. The Bertz CT molecular complexity index is 244. The first-order chi connectivity index (χ1) is 7.26. The van der Waals surface area contributed by atoms with Crippen LogP contribution in [-0.2, 0) is 9.53 Å². The summed E-state index contributed by atoms with van der Waals surface area (Å²) in [7, 11) is 1.70. The molecular formula is C10H17N3O2. The summed E-state index contributed by atoms with van der Waals surface area (Å²) >= 11 is 0. The third kappa shape index (κ3) is 4.28. The molecule has 1 rings (SSSR count). The lowest BCUT2D eigenvalue weighted by Gasteiger charge is -2.34. The van der Waals surface area contributed by atoms with E-state index in [4.69, 9.17) is 10.00 Å². The molecule has 0 radical (unpaired) electrons. The Morgan fingerprint density at radius 1 is 1.60 bits per heavy atom. The van der Waals surface area contributed by atoms with Gasteiger partial charge in [-0.15, -0.1) is 0 Å². The molecule has 15 heavy (non-hydrogen) atoms. The second kappa shape index (κ2) is 6.38. The zero-order chi connectivity index (χ0) is 11.1. The normalized spacial score (nSPS) is 24.0. The molecule has 0 spiro atoms. The number of ether oxygens (including phenoxy) is 1. The Labute approximate surface area is 89.8 Å². The van der Waals surface area contributed by atoms with Gasteiger partial charge in [0.2, 0.25) is 5.91 Å². The summed E-state index contributed by atoms with van der Waals surface area (Å²) in [6, 6.07) is 2.37. The number of hydrogen-bond donors (Lipinski definition) is 2. The topological polar surface area (TPSA) is 74.2 Å². The molecule has 0 saturated heterocycles. The molecule has 84 valence electrons. The summed E-state index contributed by atoms with van der Waals surface area (Å²) < 4.78 is 5.13. The molecule has 5 nitrogen and oxygen atoms in total. The van der Waals surface area contributed by atoms with Crippen LogP contribution in [0.4, 0.5) is 0 Å². The van der Waals surface area contributed by atoms with Crippen molar-refractivity contribution in [2.75, 3.05) is 20.2 Å². The molecule has 0 unspecified atom stereocenters. The van der Waals surface area contributed by atoms with Gasteiger partial charge in [0.25, 0.3) is 0 Å². The molecular weight excluding hydrogens is 194 g/mol. The number of methoxy groups -OCH3 is 1.